The van der Waals surface area contributed by atoms with E-state index in [4.69, 9.17) is 18.9 Å². The second kappa shape index (κ2) is 9.45. The first kappa shape index (κ1) is 26.8. The zero-order valence-electron chi connectivity index (χ0n) is 22.5. The molecule has 5 rings (SSSR count). The summed E-state index contributed by atoms with van der Waals surface area (Å²) in [5.41, 5.74) is 0.983. The molecule has 0 spiro atoms. The van der Waals surface area contributed by atoms with Crippen LogP contribution in [0.2, 0.25) is 0 Å². The number of fused-ring (bicyclic) bond motifs is 3. The van der Waals surface area contributed by atoms with Crippen molar-refractivity contribution in [2.24, 2.45) is 22.7 Å². The van der Waals surface area contributed by atoms with Gasteiger partial charge in [-0.05, 0) is 69.3 Å². The van der Waals surface area contributed by atoms with E-state index in [9.17, 15) is 19.3 Å². The highest BCUT2D eigenvalue weighted by atomic mass is 19.1. The van der Waals surface area contributed by atoms with Crippen LogP contribution in [0.1, 0.15) is 59.8 Å². The van der Waals surface area contributed by atoms with E-state index in [1.54, 1.807) is 0 Å². The van der Waals surface area contributed by atoms with Gasteiger partial charge in [0.2, 0.25) is 0 Å². The van der Waals surface area contributed by atoms with E-state index in [1.165, 1.54) is 17.7 Å². The molecule has 9 heteroatoms. The number of non-ortho nitro benzene ring substituents is 1. The van der Waals surface area contributed by atoms with E-state index in [0.717, 1.165) is 31.7 Å². The Labute approximate surface area is 222 Å². The Hall–Kier alpha value is -2.78. The number of carbonyl (C=O) groups is 1. The molecule has 0 amide bonds. The molecule has 0 aromatic heterocycles. The molecule has 4 aliphatic rings. The van der Waals surface area contributed by atoms with Gasteiger partial charge in [0.05, 0.1) is 29.3 Å². The van der Waals surface area contributed by atoms with Gasteiger partial charge in [-0.1, -0.05) is 32.1 Å². The summed E-state index contributed by atoms with van der Waals surface area (Å²) in [6.45, 7) is 13.6. The van der Waals surface area contributed by atoms with E-state index in [1.807, 2.05) is 19.9 Å². The van der Waals surface area contributed by atoms with Gasteiger partial charge in [-0.3, -0.25) is 10.1 Å². The van der Waals surface area contributed by atoms with Gasteiger partial charge >= 0.3 is 5.97 Å². The monoisotopic (exact) mass is 529 g/mol. The number of nitro benzene ring substituents is 1. The average Bonchev–Trinajstić information content (AvgIpc) is 3.19. The first-order valence-corrected chi connectivity index (χ1v) is 13.3. The molecular formula is C29H36FNO7. The number of nitrogens with zero attached hydrogens (tertiary/aromatic N) is 1. The molecule has 38 heavy (non-hydrogen) atoms. The van der Waals surface area contributed by atoms with Gasteiger partial charge in [-0.15, -0.1) is 0 Å². The minimum atomic E-state index is -0.862. The van der Waals surface area contributed by atoms with Gasteiger partial charge in [0, 0.05) is 11.5 Å². The number of halogens is 1. The highest BCUT2D eigenvalue weighted by molar-refractivity contribution is 5.91. The predicted molar refractivity (Wildman–Crippen MR) is 137 cm³/mol. The third kappa shape index (κ3) is 4.53. The van der Waals surface area contributed by atoms with Gasteiger partial charge in [0.1, 0.15) is 6.61 Å². The molecule has 0 radical (unpaired) electrons. The van der Waals surface area contributed by atoms with Gasteiger partial charge in [0.25, 0.3) is 5.69 Å². The zero-order chi connectivity index (χ0) is 27.5. The molecule has 206 valence electrons. The fraction of sp³-hybridized carbons (Fsp3) is 0.621. The Balaban J connectivity index is 1.36. The topological polar surface area (TPSA) is 97.1 Å². The van der Waals surface area contributed by atoms with Crippen LogP contribution in [0, 0.1) is 38.6 Å². The summed E-state index contributed by atoms with van der Waals surface area (Å²) < 4.78 is 38.0. The minimum Gasteiger partial charge on any atom is -0.479 e. The summed E-state index contributed by atoms with van der Waals surface area (Å²) >= 11 is 0. The molecule has 0 bridgehead atoms. The van der Waals surface area contributed by atoms with E-state index in [2.05, 4.69) is 20.4 Å². The van der Waals surface area contributed by atoms with Gasteiger partial charge in [-0.2, -0.15) is 0 Å². The van der Waals surface area contributed by atoms with Crippen LogP contribution in [0.4, 0.5) is 10.1 Å². The second-order valence-corrected chi connectivity index (χ2v) is 12.1. The Morgan fingerprint density at radius 2 is 2.00 bits per heavy atom. The highest BCUT2D eigenvalue weighted by Crippen LogP contribution is 2.63. The van der Waals surface area contributed by atoms with Crippen molar-refractivity contribution in [3.63, 3.8) is 0 Å². The molecule has 2 heterocycles. The molecule has 2 unspecified atom stereocenters. The Kier molecular flexibility index (Phi) is 6.67. The molecule has 4 fully saturated rings. The van der Waals surface area contributed by atoms with Crippen molar-refractivity contribution < 1.29 is 33.1 Å². The van der Waals surface area contributed by atoms with Crippen LogP contribution < -0.4 is 4.74 Å². The van der Waals surface area contributed by atoms with Crippen molar-refractivity contribution in [3.05, 3.63) is 57.9 Å². The van der Waals surface area contributed by atoms with Crippen molar-refractivity contribution in [2.45, 2.75) is 77.8 Å². The van der Waals surface area contributed by atoms with Crippen LogP contribution in [0.3, 0.4) is 0 Å². The number of nitro groups is 1. The van der Waals surface area contributed by atoms with Crippen LogP contribution in [0.25, 0.3) is 0 Å². The first-order chi connectivity index (χ1) is 17.8. The van der Waals surface area contributed by atoms with E-state index in [-0.39, 0.29) is 40.9 Å². The molecule has 1 aromatic rings. The number of hydrogen-bond donors (Lipinski definition) is 0. The molecular weight excluding hydrogens is 493 g/mol. The molecule has 2 aliphatic carbocycles. The van der Waals surface area contributed by atoms with Crippen molar-refractivity contribution >= 4 is 11.7 Å². The number of benzene rings is 1. The SMILES string of the molecule is C=C1CC[C@H]2[C@@](C)(CCC3OC(C)(C)OC[C@]32C)C1C/C=C1/C(=O)OC[C@H]1Oc1ccc([N+](=O)[O-])cc1F. The summed E-state index contributed by atoms with van der Waals surface area (Å²) in [7, 11) is 0. The lowest BCUT2D eigenvalue weighted by molar-refractivity contribution is -0.385. The third-order valence-corrected chi connectivity index (χ3v) is 9.39. The Morgan fingerprint density at radius 1 is 1.24 bits per heavy atom. The number of esters is 1. The normalized spacial score (nSPS) is 37.3. The van der Waals surface area contributed by atoms with Crippen molar-refractivity contribution in [3.8, 4) is 5.75 Å². The second-order valence-electron chi connectivity index (χ2n) is 12.1. The lowest BCUT2D eigenvalue weighted by Gasteiger charge is -2.63. The molecule has 1 aromatic carbocycles. The summed E-state index contributed by atoms with van der Waals surface area (Å²) in [5, 5.41) is 10.9. The predicted octanol–water partition coefficient (Wildman–Crippen LogP) is 5.89. The lowest BCUT2D eigenvalue weighted by atomic mass is 9.46. The summed E-state index contributed by atoms with van der Waals surface area (Å²) in [5.74, 6) is -1.58. The summed E-state index contributed by atoms with van der Waals surface area (Å²) in [6, 6.07) is 3.18. The van der Waals surface area contributed by atoms with Gasteiger partial charge in [0.15, 0.2) is 23.5 Å². The summed E-state index contributed by atoms with van der Waals surface area (Å²) in [6.07, 6.45) is 5.63. The first-order valence-electron chi connectivity index (χ1n) is 13.3. The van der Waals surface area contributed by atoms with Crippen LogP contribution in [0.15, 0.2) is 42.0 Å². The molecule has 0 N–H and O–H groups in total. The van der Waals surface area contributed by atoms with Crippen LogP contribution >= 0.6 is 0 Å². The minimum absolute atomic E-state index is 0.0448. The number of rotatable bonds is 5. The van der Waals surface area contributed by atoms with Crippen molar-refractivity contribution in [1.82, 2.24) is 0 Å². The van der Waals surface area contributed by atoms with E-state index in [0.29, 0.717) is 24.5 Å². The standard InChI is InChI=1S/C29H36FNO7/c1-17-6-11-24-28(4,13-12-25-29(24,5)16-36-27(2,3)38-25)20(17)9-8-19-23(15-35-26(19)32)37-22-10-7-18(31(33)34)14-21(22)30/h7-8,10,14,20,23-25H,1,6,9,11-13,15-16H2,2-5H3/b19-8+/t20?,23-,24+,25?,28+,29+/m1/s1. The maximum Gasteiger partial charge on any atom is 0.337 e. The zero-order valence-corrected chi connectivity index (χ0v) is 22.5. The smallest absolute Gasteiger partial charge is 0.337 e. The van der Waals surface area contributed by atoms with Gasteiger partial charge in [-0.25, -0.2) is 9.18 Å². The maximum absolute atomic E-state index is 14.5. The quantitative estimate of drug-likeness (QED) is 0.154. The molecule has 2 aliphatic heterocycles. The van der Waals surface area contributed by atoms with Crippen LogP contribution in [-0.4, -0.2) is 42.1 Å². The highest BCUT2D eigenvalue weighted by Gasteiger charge is 2.60. The number of cyclic esters (lactones) is 1. The molecule has 2 saturated carbocycles. The van der Waals surface area contributed by atoms with Crippen LogP contribution in [0.5, 0.6) is 5.75 Å². The largest absolute Gasteiger partial charge is 0.479 e. The Morgan fingerprint density at radius 3 is 2.71 bits per heavy atom. The third-order valence-electron chi connectivity index (χ3n) is 9.39. The van der Waals surface area contributed by atoms with E-state index < -0.39 is 28.6 Å². The fourth-order valence-corrected chi connectivity index (χ4v) is 7.36. The fourth-order valence-electron chi connectivity index (χ4n) is 7.36. The molecule has 8 nitrogen and oxygen atoms in total. The van der Waals surface area contributed by atoms with E-state index >= 15 is 0 Å². The summed E-state index contributed by atoms with van der Waals surface area (Å²) in [4.78, 5) is 22.9. The van der Waals surface area contributed by atoms with Crippen molar-refractivity contribution in [1.29, 1.82) is 0 Å². The number of carbonyl (C=O) groups excluding carboxylic acids is 1. The average molecular weight is 530 g/mol. The molecule has 6 atom stereocenters. The Bertz CT molecular complexity index is 1200. The maximum atomic E-state index is 14.5. The van der Waals surface area contributed by atoms with Gasteiger partial charge < -0.3 is 18.9 Å². The lowest BCUT2D eigenvalue weighted by Crippen LogP contribution is -2.62. The van der Waals surface area contributed by atoms with Crippen LogP contribution in [-0.2, 0) is 19.0 Å². The van der Waals surface area contributed by atoms with Crippen molar-refractivity contribution in [2.75, 3.05) is 13.2 Å². The number of allylic oxidation sites excluding steroid dienone is 2. The number of ether oxygens (including phenoxy) is 4. The molecule has 2 saturated heterocycles. The number of hydrogen-bond acceptors (Lipinski definition) is 7.